The second-order valence-electron chi connectivity index (χ2n) is 8.12. The third-order valence-corrected chi connectivity index (χ3v) is 7.49. The minimum atomic E-state index is -0.162. The highest BCUT2D eigenvalue weighted by atomic mass is 35.5. The van der Waals surface area contributed by atoms with E-state index in [9.17, 15) is 4.79 Å². The Balaban J connectivity index is 1.58. The molecule has 0 spiro atoms. The van der Waals surface area contributed by atoms with Crippen LogP contribution in [0.25, 0.3) is 6.08 Å². The van der Waals surface area contributed by atoms with Crippen molar-refractivity contribution in [3.63, 3.8) is 0 Å². The predicted octanol–water partition coefficient (Wildman–Crippen LogP) is 7.20. The average Bonchev–Trinajstić information content (AvgIpc) is 3.40. The molecule has 0 saturated heterocycles. The fourth-order valence-electron chi connectivity index (χ4n) is 4.53. The molecular weight excluding hydrogens is 461 g/mol. The normalized spacial score (nSPS) is 21.5. The molecule has 5 rings (SSSR count). The van der Waals surface area contributed by atoms with Gasteiger partial charge in [0, 0.05) is 16.0 Å². The molecule has 1 saturated carbocycles. The van der Waals surface area contributed by atoms with E-state index in [1.165, 1.54) is 16.9 Å². The van der Waals surface area contributed by atoms with Crippen LogP contribution >= 0.6 is 34.5 Å². The minimum Gasteiger partial charge on any atom is -0.266 e. The zero-order valence-electron chi connectivity index (χ0n) is 17.5. The molecule has 2 aromatic carbocycles. The van der Waals surface area contributed by atoms with E-state index in [4.69, 9.17) is 28.3 Å². The van der Waals surface area contributed by atoms with Gasteiger partial charge in [0.15, 0.2) is 0 Å². The fraction of sp³-hybridized carbons (Fsp3) is 0.240. The Morgan fingerprint density at radius 2 is 1.78 bits per heavy atom. The molecule has 4 nitrogen and oxygen atoms in total. The number of rotatable bonds is 3. The first-order valence-corrected chi connectivity index (χ1v) is 12.2. The Hall–Kier alpha value is -2.47. The number of nitrogens with zero attached hydrogens (tertiary/aromatic N) is 3. The van der Waals surface area contributed by atoms with Crippen molar-refractivity contribution in [2.75, 3.05) is 0 Å². The number of hydrogen-bond donors (Lipinski definition) is 0. The van der Waals surface area contributed by atoms with Crippen molar-refractivity contribution in [1.82, 2.24) is 9.99 Å². The van der Waals surface area contributed by atoms with Crippen molar-refractivity contribution < 1.29 is 4.79 Å². The number of thiazole rings is 1. The largest absolute Gasteiger partial charge is 0.286 e. The molecule has 1 fully saturated rings. The van der Waals surface area contributed by atoms with Crippen molar-refractivity contribution in [1.29, 1.82) is 0 Å². The van der Waals surface area contributed by atoms with Crippen LogP contribution in [0.5, 0.6) is 0 Å². The Labute approximate surface area is 201 Å². The monoisotopic (exact) mass is 481 g/mol. The van der Waals surface area contributed by atoms with Gasteiger partial charge in [0.2, 0.25) is 0 Å². The molecular formula is C25H21Cl2N3OS. The molecule has 162 valence electrons. The first-order chi connectivity index (χ1) is 15.5. The van der Waals surface area contributed by atoms with Crippen LogP contribution in [0.2, 0.25) is 10.0 Å². The number of hydrogen-bond acceptors (Lipinski definition) is 4. The summed E-state index contributed by atoms with van der Waals surface area (Å²) in [5.41, 5.74) is 6.75. The van der Waals surface area contributed by atoms with Gasteiger partial charge in [-0.3, -0.25) is 4.79 Å². The lowest BCUT2D eigenvalue weighted by Gasteiger charge is -2.29. The van der Waals surface area contributed by atoms with Gasteiger partial charge in [-0.15, -0.1) is 11.3 Å². The molecule has 1 aliphatic carbocycles. The zero-order valence-corrected chi connectivity index (χ0v) is 19.8. The molecule has 2 heterocycles. The number of benzene rings is 2. The SMILES string of the molecule is Cc1ncsc1C(=O)N1N=C2/C(=C/c3ccc(Cl)cc3)CCC[C@@H]2[C@H]1c1ccc(Cl)cc1. The van der Waals surface area contributed by atoms with Crippen LogP contribution in [0.1, 0.15) is 51.8 Å². The Morgan fingerprint density at radius 3 is 2.44 bits per heavy atom. The topological polar surface area (TPSA) is 45.6 Å². The van der Waals surface area contributed by atoms with Crippen LogP contribution < -0.4 is 0 Å². The summed E-state index contributed by atoms with van der Waals surface area (Å²) < 4.78 is 0. The van der Waals surface area contributed by atoms with Crippen molar-refractivity contribution in [2.24, 2.45) is 11.0 Å². The molecule has 3 aromatic rings. The fourth-order valence-corrected chi connectivity index (χ4v) is 5.52. The third kappa shape index (κ3) is 4.01. The summed E-state index contributed by atoms with van der Waals surface area (Å²) >= 11 is 13.6. The van der Waals surface area contributed by atoms with E-state index in [1.807, 2.05) is 55.5 Å². The molecule has 0 bridgehead atoms. The summed E-state index contributed by atoms with van der Waals surface area (Å²) in [6.45, 7) is 1.86. The number of carbonyl (C=O) groups is 1. The average molecular weight is 482 g/mol. The second-order valence-corrected chi connectivity index (χ2v) is 9.85. The number of aromatic nitrogens is 1. The van der Waals surface area contributed by atoms with Crippen molar-refractivity contribution >= 4 is 52.2 Å². The first kappa shape index (κ1) is 21.4. The van der Waals surface area contributed by atoms with Gasteiger partial charge < -0.3 is 0 Å². The molecule has 0 N–H and O–H groups in total. The molecule has 1 amide bonds. The molecule has 0 unspecified atom stereocenters. The van der Waals surface area contributed by atoms with Gasteiger partial charge in [0.25, 0.3) is 5.91 Å². The van der Waals surface area contributed by atoms with Crippen molar-refractivity contribution in [2.45, 2.75) is 32.2 Å². The summed E-state index contributed by atoms with van der Waals surface area (Å²) in [6.07, 6.45) is 5.14. The smallest absolute Gasteiger partial charge is 0.266 e. The molecule has 7 heteroatoms. The number of carbonyl (C=O) groups excluding carboxylic acids is 1. The first-order valence-electron chi connectivity index (χ1n) is 10.6. The van der Waals surface area contributed by atoms with E-state index in [1.54, 1.807) is 10.5 Å². The summed E-state index contributed by atoms with van der Waals surface area (Å²) in [5.74, 6) is 0.0401. The highest BCUT2D eigenvalue weighted by Crippen LogP contribution is 2.45. The van der Waals surface area contributed by atoms with Gasteiger partial charge >= 0.3 is 0 Å². The van der Waals surface area contributed by atoms with Crippen molar-refractivity contribution in [3.05, 3.63) is 91.4 Å². The maximum absolute atomic E-state index is 13.6. The molecule has 32 heavy (non-hydrogen) atoms. The Bertz CT molecular complexity index is 1210. The number of amides is 1. The zero-order chi connectivity index (χ0) is 22.2. The number of halogens is 2. The lowest BCUT2D eigenvalue weighted by Crippen LogP contribution is -2.31. The van der Waals surface area contributed by atoms with Gasteiger partial charge in [-0.2, -0.15) is 5.10 Å². The van der Waals surface area contributed by atoms with Crippen LogP contribution in [0.4, 0.5) is 0 Å². The molecule has 2 aliphatic rings. The van der Waals surface area contributed by atoms with E-state index in [-0.39, 0.29) is 17.9 Å². The number of fused-ring (bicyclic) bond motifs is 1. The van der Waals surface area contributed by atoms with Crippen LogP contribution in [0, 0.1) is 12.8 Å². The predicted molar refractivity (Wildman–Crippen MR) is 131 cm³/mol. The van der Waals surface area contributed by atoms with E-state index < -0.39 is 0 Å². The Morgan fingerprint density at radius 1 is 1.09 bits per heavy atom. The summed E-state index contributed by atoms with van der Waals surface area (Å²) in [5, 5.41) is 8.00. The summed E-state index contributed by atoms with van der Waals surface area (Å²) in [7, 11) is 0. The lowest BCUT2D eigenvalue weighted by molar-refractivity contribution is 0.0685. The van der Waals surface area contributed by atoms with E-state index >= 15 is 0 Å². The van der Waals surface area contributed by atoms with Crippen LogP contribution in [-0.2, 0) is 0 Å². The number of allylic oxidation sites excluding steroid dienone is 1. The van der Waals surface area contributed by atoms with Crippen LogP contribution in [-0.4, -0.2) is 21.6 Å². The van der Waals surface area contributed by atoms with Gasteiger partial charge in [-0.05, 0) is 73.2 Å². The van der Waals surface area contributed by atoms with Crippen LogP contribution in [0.15, 0.2) is 64.7 Å². The molecule has 2 atom stereocenters. The highest BCUT2D eigenvalue weighted by Gasteiger charge is 2.44. The molecule has 1 aliphatic heterocycles. The van der Waals surface area contributed by atoms with E-state index in [2.05, 4.69) is 11.1 Å². The third-order valence-electron chi connectivity index (χ3n) is 6.07. The maximum atomic E-state index is 13.6. The number of hydrazone groups is 1. The second kappa shape index (κ2) is 8.81. The lowest BCUT2D eigenvalue weighted by atomic mass is 9.77. The Kier molecular flexibility index (Phi) is 5.89. The van der Waals surface area contributed by atoms with Gasteiger partial charge in [-0.1, -0.05) is 47.5 Å². The number of aryl methyl sites for hydroxylation is 1. The minimum absolute atomic E-state index is 0.0994. The molecule has 0 radical (unpaired) electrons. The van der Waals surface area contributed by atoms with E-state index in [0.717, 1.165) is 41.8 Å². The quantitative estimate of drug-likeness (QED) is 0.397. The van der Waals surface area contributed by atoms with Gasteiger partial charge in [-0.25, -0.2) is 9.99 Å². The van der Waals surface area contributed by atoms with E-state index in [0.29, 0.717) is 14.9 Å². The summed E-state index contributed by atoms with van der Waals surface area (Å²) in [6, 6.07) is 15.4. The maximum Gasteiger partial charge on any atom is 0.286 e. The molecule has 1 aromatic heterocycles. The van der Waals surface area contributed by atoms with Crippen molar-refractivity contribution in [3.8, 4) is 0 Å². The standard InChI is InChI=1S/C25H21Cl2N3OS/c1-15-24(32-14-28-15)25(31)30-23(17-7-11-20(27)12-8-17)21-4-2-3-18(22(21)29-30)13-16-5-9-19(26)10-6-16/h5-14,21,23H,2-4H2,1H3/b18-13+/t21-,23+/m0/s1. The highest BCUT2D eigenvalue weighted by molar-refractivity contribution is 7.11. The van der Waals surface area contributed by atoms with Crippen LogP contribution in [0.3, 0.4) is 0 Å². The van der Waals surface area contributed by atoms with Gasteiger partial charge in [0.05, 0.1) is 23.0 Å². The van der Waals surface area contributed by atoms with Gasteiger partial charge in [0.1, 0.15) is 4.88 Å². The summed E-state index contributed by atoms with van der Waals surface area (Å²) in [4.78, 5) is 18.5.